The maximum Gasteiger partial charge on any atom is 0.230 e. The Morgan fingerprint density at radius 3 is 2.60 bits per heavy atom. The van der Waals surface area contributed by atoms with Gasteiger partial charge in [0.05, 0.1) is 11.4 Å². The molecule has 0 aliphatic carbocycles. The molecule has 3 aromatic rings. The van der Waals surface area contributed by atoms with Crippen LogP contribution in [0.5, 0.6) is 0 Å². The molecule has 0 saturated carbocycles. The number of aromatic nitrogens is 2. The molecule has 4 rings (SSSR count). The van der Waals surface area contributed by atoms with E-state index in [2.05, 4.69) is 39.2 Å². The van der Waals surface area contributed by atoms with Crippen LogP contribution in [0.15, 0.2) is 48.0 Å². The predicted molar refractivity (Wildman–Crippen MR) is 123 cm³/mol. The molecule has 7 heteroatoms. The average molecular weight is 422 g/mol. The highest BCUT2D eigenvalue weighted by Gasteiger charge is 2.22. The summed E-state index contributed by atoms with van der Waals surface area (Å²) < 4.78 is 0. The molecular formula is C23H27N5OS. The molecule has 6 nitrogen and oxygen atoms in total. The molecule has 1 saturated heterocycles. The molecule has 1 fully saturated rings. The van der Waals surface area contributed by atoms with Gasteiger partial charge >= 0.3 is 0 Å². The molecule has 2 aromatic heterocycles. The minimum atomic E-state index is -0.0215. The van der Waals surface area contributed by atoms with Crippen LogP contribution in [0.3, 0.4) is 0 Å². The van der Waals surface area contributed by atoms with E-state index >= 15 is 0 Å². The van der Waals surface area contributed by atoms with E-state index in [0.717, 1.165) is 60.6 Å². The van der Waals surface area contributed by atoms with Gasteiger partial charge in [-0.25, -0.2) is 9.97 Å². The molecule has 0 radical (unpaired) electrons. The van der Waals surface area contributed by atoms with Crippen molar-refractivity contribution in [3.8, 4) is 0 Å². The Bertz CT molecular complexity index is 1010. The van der Waals surface area contributed by atoms with Crippen molar-refractivity contribution < 1.29 is 4.79 Å². The largest absolute Gasteiger partial charge is 0.354 e. The quantitative estimate of drug-likeness (QED) is 0.619. The number of thiazole rings is 1. The van der Waals surface area contributed by atoms with E-state index in [1.807, 2.05) is 37.4 Å². The van der Waals surface area contributed by atoms with Crippen LogP contribution in [-0.2, 0) is 11.3 Å². The molecule has 3 heterocycles. The number of rotatable bonds is 5. The van der Waals surface area contributed by atoms with Gasteiger partial charge in [0, 0.05) is 51.2 Å². The lowest BCUT2D eigenvalue weighted by atomic mass is 10.1. The van der Waals surface area contributed by atoms with E-state index in [1.54, 1.807) is 11.8 Å². The summed E-state index contributed by atoms with van der Waals surface area (Å²) in [5, 5.41) is 2.80. The van der Waals surface area contributed by atoms with E-state index in [0.29, 0.717) is 0 Å². The van der Waals surface area contributed by atoms with Crippen LogP contribution in [0.25, 0.3) is 0 Å². The Hall–Kier alpha value is -2.77. The summed E-state index contributed by atoms with van der Waals surface area (Å²) in [4.78, 5) is 28.1. The fraction of sp³-hybridized carbons (Fsp3) is 0.348. The van der Waals surface area contributed by atoms with Crippen molar-refractivity contribution in [2.24, 2.45) is 0 Å². The van der Waals surface area contributed by atoms with Crippen molar-refractivity contribution >= 4 is 33.9 Å². The summed E-state index contributed by atoms with van der Waals surface area (Å²) in [6, 6.07) is 12.2. The molecule has 1 amide bonds. The van der Waals surface area contributed by atoms with Gasteiger partial charge in [-0.15, -0.1) is 11.3 Å². The highest BCUT2D eigenvalue weighted by Crippen LogP contribution is 2.32. The Kier molecular flexibility index (Phi) is 6.11. The van der Waals surface area contributed by atoms with Crippen LogP contribution in [0.2, 0.25) is 0 Å². The number of hydrogen-bond donors (Lipinski definition) is 0. The number of amides is 1. The number of hydrogen-bond acceptors (Lipinski definition) is 6. The number of anilines is 3. The first-order chi connectivity index (χ1) is 14.5. The third-order valence-corrected chi connectivity index (χ3v) is 6.24. The Morgan fingerprint density at radius 1 is 1.13 bits per heavy atom. The number of carbonyl (C=O) groups excluding carboxylic acids is 1. The topological polar surface area (TPSA) is 52.6 Å². The highest BCUT2D eigenvalue weighted by molar-refractivity contribution is 7.14. The first-order valence-corrected chi connectivity index (χ1v) is 11.1. The SMILES string of the molecule is CC(=O)N(c1nc(CN2CCN(c3ccccn3)CC2)cs1)c1ccc(C)cc1C. The average Bonchev–Trinajstić information content (AvgIpc) is 3.19. The molecule has 1 aliphatic rings. The number of carbonyl (C=O) groups is 1. The van der Waals surface area contributed by atoms with E-state index < -0.39 is 0 Å². The zero-order valence-electron chi connectivity index (χ0n) is 17.7. The number of benzene rings is 1. The van der Waals surface area contributed by atoms with Gasteiger partial charge in [-0.05, 0) is 37.6 Å². The summed E-state index contributed by atoms with van der Waals surface area (Å²) in [7, 11) is 0. The molecule has 0 bridgehead atoms. The fourth-order valence-electron chi connectivity index (χ4n) is 3.84. The van der Waals surface area contributed by atoms with Gasteiger partial charge in [0.15, 0.2) is 5.13 Å². The van der Waals surface area contributed by atoms with E-state index in [-0.39, 0.29) is 5.91 Å². The standard InChI is InChI=1S/C23H27N5OS/c1-17-7-8-21(18(2)14-17)28(19(3)29)23-25-20(16-30-23)15-26-10-12-27(13-11-26)22-6-4-5-9-24-22/h4-9,14,16H,10-13,15H2,1-3H3. The maximum atomic E-state index is 12.4. The minimum absolute atomic E-state index is 0.0215. The first-order valence-electron chi connectivity index (χ1n) is 10.2. The molecule has 0 atom stereocenters. The third-order valence-electron chi connectivity index (χ3n) is 5.37. The van der Waals surface area contributed by atoms with E-state index in [4.69, 9.17) is 4.98 Å². The molecular weight excluding hydrogens is 394 g/mol. The third kappa shape index (κ3) is 4.52. The second-order valence-corrected chi connectivity index (χ2v) is 8.55. The Balaban J connectivity index is 1.43. The molecule has 156 valence electrons. The van der Waals surface area contributed by atoms with Crippen LogP contribution in [0, 0.1) is 13.8 Å². The molecule has 0 unspecified atom stereocenters. The number of nitrogens with zero attached hydrogens (tertiary/aromatic N) is 5. The zero-order valence-corrected chi connectivity index (χ0v) is 18.5. The number of aryl methyl sites for hydroxylation is 2. The molecule has 30 heavy (non-hydrogen) atoms. The summed E-state index contributed by atoms with van der Waals surface area (Å²) in [5.41, 5.74) is 4.17. The van der Waals surface area contributed by atoms with Gasteiger partial charge in [-0.2, -0.15) is 0 Å². The lowest BCUT2D eigenvalue weighted by Crippen LogP contribution is -2.46. The zero-order chi connectivity index (χ0) is 21.1. The van der Waals surface area contributed by atoms with E-state index in [9.17, 15) is 4.79 Å². The molecule has 1 aromatic carbocycles. The maximum absolute atomic E-state index is 12.4. The van der Waals surface area contributed by atoms with Crippen molar-refractivity contribution in [2.45, 2.75) is 27.3 Å². The van der Waals surface area contributed by atoms with Gasteiger partial charge in [0.25, 0.3) is 0 Å². The summed E-state index contributed by atoms with van der Waals surface area (Å²) in [5.74, 6) is 1.02. The Labute approximate surface area is 181 Å². The minimum Gasteiger partial charge on any atom is -0.354 e. The normalized spacial score (nSPS) is 14.7. The summed E-state index contributed by atoms with van der Waals surface area (Å²) >= 11 is 1.53. The van der Waals surface area contributed by atoms with Crippen molar-refractivity contribution in [1.82, 2.24) is 14.9 Å². The Morgan fingerprint density at radius 2 is 1.93 bits per heavy atom. The van der Waals surface area contributed by atoms with Gasteiger partial charge in [-0.3, -0.25) is 14.6 Å². The summed E-state index contributed by atoms with van der Waals surface area (Å²) in [6.45, 7) is 10.3. The first kappa shape index (κ1) is 20.5. The van der Waals surface area contributed by atoms with Gasteiger partial charge in [0.1, 0.15) is 5.82 Å². The highest BCUT2D eigenvalue weighted by atomic mass is 32.1. The summed E-state index contributed by atoms with van der Waals surface area (Å²) in [6.07, 6.45) is 1.84. The molecule has 0 N–H and O–H groups in total. The van der Waals surface area contributed by atoms with Crippen molar-refractivity contribution in [3.05, 3.63) is 64.8 Å². The number of pyridine rings is 1. The van der Waals surface area contributed by atoms with E-state index in [1.165, 1.54) is 16.9 Å². The molecule has 0 spiro atoms. The van der Waals surface area contributed by atoms with Crippen molar-refractivity contribution in [3.63, 3.8) is 0 Å². The lowest BCUT2D eigenvalue weighted by Gasteiger charge is -2.35. The molecule has 1 aliphatic heterocycles. The second-order valence-electron chi connectivity index (χ2n) is 7.72. The van der Waals surface area contributed by atoms with Gasteiger partial charge < -0.3 is 4.90 Å². The van der Waals surface area contributed by atoms with Gasteiger partial charge in [0.2, 0.25) is 5.91 Å². The smallest absolute Gasteiger partial charge is 0.230 e. The van der Waals surface area contributed by atoms with Crippen molar-refractivity contribution in [2.75, 3.05) is 36.0 Å². The fourth-order valence-corrected chi connectivity index (χ4v) is 4.71. The second kappa shape index (κ2) is 8.93. The predicted octanol–water partition coefficient (Wildman–Crippen LogP) is 4.16. The monoisotopic (exact) mass is 421 g/mol. The van der Waals surface area contributed by atoms with Crippen LogP contribution < -0.4 is 9.80 Å². The lowest BCUT2D eigenvalue weighted by molar-refractivity contribution is -0.115. The van der Waals surface area contributed by atoms with Crippen molar-refractivity contribution in [1.29, 1.82) is 0 Å². The van der Waals surface area contributed by atoms with Crippen LogP contribution in [0.4, 0.5) is 16.6 Å². The van der Waals surface area contributed by atoms with Crippen LogP contribution in [-0.4, -0.2) is 47.0 Å². The van der Waals surface area contributed by atoms with Crippen LogP contribution >= 0.6 is 11.3 Å². The van der Waals surface area contributed by atoms with Crippen LogP contribution in [0.1, 0.15) is 23.7 Å². The van der Waals surface area contributed by atoms with Gasteiger partial charge in [-0.1, -0.05) is 23.8 Å². The number of piperazine rings is 1.